The third-order valence-electron chi connectivity index (χ3n) is 5.88. The van der Waals surface area contributed by atoms with Crippen molar-refractivity contribution in [1.82, 2.24) is 10.0 Å². The number of nitrogens with one attached hydrogen (secondary N) is 2. The van der Waals surface area contributed by atoms with Crippen molar-refractivity contribution in [2.45, 2.75) is 68.3 Å². The Labute approximate surface area is 171 Å². The van der Waals surface area contributed by atoms with E-state index in [1.807, 2.05) is 0 Å². The first-order valence-corrected chi connectivity index (χ1v) is 11.8. The Morgan fingerprint density at radius 1 is 1.07 bits per heavy atom. The lowest BCUT2D eigenvalue weighted by Gasteiger charge is -2.29. The van der Waals surface area contributed by atoms with E-state index < -0.39 is 10.0 Å². The maximum Gasteiger partial charge on any atom is 0.265 e. The summed E-state index contributed by atoms with van der Waals surface area (Å²) in [6.45, 7) is -0.318. The first kappa shape index (κ1) is 20.2. The normalized spacial score (nSPS) is 20.6. The van der Waals surface area contributed by atoms with Crippen molar-refractivity contribution in [3.8, 4) is 5.75 Å². The van der Waals surface area contributed by atoms with Gasteiger partial charge in [-0.25, -0.2) is 13.1 Å². The van der Waals surface area contributed by atoms with Gasteiger partial charge in [0.25, 0.3) is 5.91 Å². The smallest absolute Gasteiger partial charge is 0.265 e. The monoisotopic (exact) mass is 421 g/mol. The average Bonchev–Trinajstić information content (AvgIpc) is 3.37. The van der Waals surface area contributed by atoms with Crippen molar-refractivity contribution in [1.29, 1.82) is 0 Å². The van der Waals surface area contributed by atoms with E-state index >= 15 is 0 Å². The predicted octanol–water partition coefficient (Wildman–Crippen LogP) is 1.69. The SMILES string of the molecule is O=C(CN1C(=O)COc2ccc(S(=O)(=O)NC3CCCC3)cc21)NC1CCCC1. The Kier molecular flexibility index (Phi) is 5.78. The van der Waals surface area contributed by atoms with E-state index in [4.69, 9.17) is 4.74 Å². The molecule has 0 atom stereocenters. The lowest BCUT2D eigenvalue weighted by molar-refractivity contribution is -0.125. The Bertz CT molecular complexity index is 889. The van der Waals surface area contributed by atoms with Gasteiger partial charge < -0.3 is 10.1 Å². The highest BCUT2D eigenvalue weighted by Crippen LogP contribution is 2.34. The van der Waals surface area contributed by atoms with Crippen LogP contribution >= 0.6 is 0 Å². The van der Waals surface area contributed by atoms with Gasteiger partial charge in [0.1, 0.15) is 12.3 Å². The molecule has 0 unspecified atom stereocenters. The second-order valence-electron chi connectivity index (χ2n) is 8.05. The largest absolute Gasteiger partial charge is 0.482 e. The summed E-state index contributed by atoms with van der Waals surface area (Å²) in [5.74, 6) is -0.203. The number of fused-ring (bicyclic) bond motifs is 1. The number of anilines is 1. The number of benzene rings is 1. The molecule has 0 radical (unpaired) electrons. The van der Waals surface area contributed by atoms with Gasteiger partial charge in [-0.05, 0) is 43.9 Å². The lowest BCUT2D eigenvalue weighted by atomic mass is 10.2. The van der Waals surface area contributed by atoms with E-state index in [9.17, 15) is 18.0 Å². The van der Waals surface area contributed by atoms with Crippen molar-refractivity contribution < 1.29 is 22.7 Å². The van der Waals surface area contributed by atoms with Crippen LogP contribution in [0.1, 0.15) is 51.4 Å². The fourth-order valence-electron chi connectivity index (χ4n) is 4.34. The number of hydrogen-bond donors (Lipinski definition) is 2. The Hall–Kier alpha value is -2.13. The summed E-state index contributed by atoms with van der Waals surface area (Å²) in [4.78, 5) is 26.3. The molecule has 4 rings (SSSR count). The predicted molar refractivity (Wildman–Crippen MR) is 107 cm³/mol. The fraction of sp³-hybridized carbons (Fsp3) is 0.600. The number of sulfonamides is 1. The number of rotatable bonds is 6. The highest BCUT2D eigenvalue weighted by atomic mass is 32.2. The molecule has 0 bridgehead atoms. The molecule has 2 N–H and O–H groups in total. The van der Waals surface area contributed by atoms with E-state index in [0.29, 0.717) is 11.4 Å². The zero-order valence-corrected chi connectivity index (χ0v) is 17.2. The van der Waals surface area contributed by atoms with E-state index in [0.717, 1.165) is 51.4 Å². The summed E-state index contributed by atoms with van der Waals surface area (Å²) in [6, 6.07) is 4.55. The van der Waals surface area contributed by atoms with Crippen LogP contribution in [0, 0.1) is 0 Å². The molecule has 2 saturated carbocycles. The number of carbonyl (C=O) groups is 2. The van der Waals surface area contributed by atoms with Crippen molar-refractivity contribution in [2.75, 3.05) is 18.1 Å². The molecule has 0 saturated heterocycles. The Balaban J connectivity index is 1.53. The van der Waals surface area contributed by atoms with Crippen molar-refractivity contribution in [3.05, 3.63) is 18.2 Å². The number of hydrogen-bond acceptors (Lipinski definition) is 5. The van der Waals surface area contributed by atoms with Gasteiger partial charge in [0.05, 0.1) is 10.6 Å². The van der Waals surface area contributed by atoms with Crippen LogP contribution in [0.15, 0.2) is 23.1 Å². The van der Waals surface area contributed by atoms with E-state index in [-0.39, 0.29) is 41.9 Å². The Morgan fingerprint density at radius 2 is 1.72 bits per heavy atom. The summed E-state index contributed by atoms with van der Waals surface area (Å²) >= 11 is 0. The number of carbonyl (C=O) groups excluding carboxylic acids is 2. The lowest BCUT2D eigenvalue weighted by Crippen LogP contribution is -2.47. The van der Waals surface area contributed by atoms with Gasteiger partial charge in [-0.1, -0.05) is 25.7 Å². The summed E-state index contributed by atoms with van der Waals surface area (Å²) in [5.41, 5.74) is 0.317. The molecule has 2 fully saturated rings. The van der Waals surface area contributed by atoms with Crippen LogP contribution in [0.5, 0.6) is 5.75 Å². The molecule has 1 aromatic rings. The molecular formula is C20H27N3O5S. The standard InChI is InChI=1S/C20H27N3O5S/c24-19(21-14-5-1-2-6-14)12-23-17-11-16(9-10-18(17)28-13-20(23)25)29(26,27)22-15-7-3-4-8-15/h9-11,14-15,22H,1-8,12-13H2,(H,21,24). The van der Waals surface area contributed by atoms with Gasteiger partial charge in [-0.2, -0.15) is 0 Å². The minimum atomic E-state index is -3.71. The summed E-state index contributed by atoms with van der Waals surface area (Å²) < 4.78 is 33.7. The van der Waals surface area contributed by atoms with Gasteiger partial charge in [0.15, 0.2) is 6.61 Å². The van der Waals surface area contributed by atoms with Crippen LogP contribution in [0.25, 0.3) is 0 Å². The van der Waals surface area contributed by atoms with Crippen LogP contribution in [0.3, 0.4) is 0 Å². The van der Waals surface area contributed by atoms with Crippen LogP contribution in [0.2, 0.25) is 0 Å². The molecule has 0 aromatic heterocycles. The van der Waals surface area contributed by atoms with Gasteiger partial charge in [-0.3, -0.25) is 14.5 Å². The first-order chi connectivity index (χ1) is 13.9. The molecule has 1 heterocycles. The quantitative estimate of drug-likeness (QED) is 0.727. The van der Waals surface area contributed by atoms with E-state index in [2.05, 4.69) is 10.0 Å². The topological polar surface area (TPSA) is 105 Å². The molecule has 9 heteroatoms. The maximum absolute atomic E-state index is 12.8. The number of amides is 2. The van der Waals surface area contributed by atoms with Crippen LogP contribution in [0.4, 0.5) is 5.69 Å². The molecular weight excluding hydrogens is 394 g/mol. The minimum Gasteiger partial charge on any atom is -0.482 e. The molecule has 2 aliphatic carbocycles. The molecule has 1 aromatic carbocycles. The summed E-state index contributed by atoms with van der Waals surface area (Å²) in [6.07, 6.45) is 7.80. The van der Waals surface area contributed by atoms with Gasteiger partial charge >= 0.3 is 0 Å². The Morgan fingerprint density at radius 3 is 2.41 bits per heavy atom. The second kappa shape index (κ2) is 8.31. The molecule has 29 heavy (non-hydrogen) atoms. The minimum absolute atomic E-state index is 0.0535. The van der Waals surface area contributed by atoms with Crippen molar-refractivity contribution in [2.24, 2.45) is 0 Å². The van der Waals surface area contributed by atoms with E-state index in [1.165, 1.54) is 17.0 Å². The van der Waals surface area contributed by atoms with Gasteiger partial charge in [0, 0.05) is 12.1 Å². The van der Waals surface area contributed by atoms with E-state index in [1.54, 1.807) is 6.07 Å². The number of nitrogens with zero attached hydrogens (tertiary/aromatic N) is 1. The third kappa shape index (κ3) is 4.56. The average molecular weight is 422 g/mol. The number of ether oxygens (including phenoxy) is 1. The van der Waals surface area contributed by atoms with Crippen molar-refractivity contribution >= 4 is 27.5 Å². The zero-order chi connectivity index (χ0) is 20.4. The molecule has 158 valence electrons. The van der Waals surface area contributed by atoms with Gasteiger partial charge in [-0.15, -0.1) is 0 Å². The molecule has 0 spiro atoms. The second-order valence-corrected chi connectivity index (χ2v) is 9.76. The summed E-state index contributed by atoms with van der Waals surface area (Å²) in [7, 11) is -3.71. The van der Waals surface area contributed by atoms with Crippen molar-refractivity contribution in [3.63, 3.8) is 0 Å². The van der Waals surface area contributed by atoms with Crippen LogP contribution < -0.4 is 19.7 Å². The van der Waals surface area contributed by atoms with Crippen LogP contribution in [-0.4, -0.2) is 45.5 Å². The summed E-state index contributed by atoms with van der Waals surface area (Å²) in [5, 5.41) is 2.97. The fourth-order valence-corrected chi connectivity index (χ4v) is 5.67. The molecule has 1 aliphatic heterocycles. The van der Waals surface area contributed by atoms with Crippen LogP contribution in [-0.2, 0) is 19.6 Å². The highest BCUT2D eigenvalue weighted by Gasteiger charge is 2.31. The maximum atomic E-state index is 12.8. The zero-order valence-electron chi connectivity index (χ0n) is 16.4. The highest BCUT2D eigenvalue weighted by molar-refractivity contribution is 7.89. The third-order valence-corrected chi connectivity index (χ3v) is 7.40. The molecule has 8 nitrogen and oxygen atoms in total. The molecule has 2 amide bonds. The van der Waals surface area contributed by atoms with Gasteiger partial charge in [0.2, 0.25) is 15.9 Å². The first-order valence-electron chi connectivity index (χ1n) is 10.3. The molecule has 3 aliphatic rings.